The summed E-state index contributed by atoms with van der Waals surface area (Å²) in [5.41, 5.74) is 3.81. The van der Waals surface area contributed by atoms with E-state index in [0.717, 1.165) is 28.0 Å². The Morgan fingerprint density at radius 2 is 2.20 bits per heavy atom. The summed E-state index contributed by atoms with van der Waals surface area (Å²) in [7, 11) is 0. The molecule has 0 bridgehead atoms. The van der Waals surface area contributed by atoms with Crippen LogP contribution in [0.4, 0.5) is 0 Å². The van der Waals surface area contributed by atoms with Crippen LogP contribution in [-0.4, -0.2) is 25.3 Å². The molecule has 0 unspecified atom stereocenters. The molecule has 1 aliphatic heterocycles. The molecule has 2 aromatic heterocycles. The predicted molar refractivity (Wildman–Crippen MR) is 75.1 cm³/mol. The number of aryl methyl sites for hydroxylation is 1. The molecule has 0 spiro atoms. The predicted octanol–water partition coefficient (Wildman–Crippen LogP) is 2.29. The van der Waals surface area contributed by atoms with Gasteiger partial charge in [0.15, 0.2) is 0 Å². The molecular weight excluding hydrogens is 252 g/mol. The summed E-state index contributed by atoms with van der Waals surface area (Å²) in [6, 6.07) is 10.1. The van der Waals surface area contributed by atoms with E-state index in [9.17, 15) is 4.79 Å². The first kappa shape index (κ1) is 11.3. The van der Waals surface area contributed by atoms with Gasteiger partial charge < -0.3 is 14.5 Å². The van der Waals surface area contributed by atoms with Gasteiger partial charge in [-0.3, -0.25) is 4.79 Å². The Hall–Kier alpha value is -2.56. The molecule has 3 aromatic rings. The molecule has 4 rings (SSSR count). The summed E-state index contributed by atoms with van der Waals surface area (Å²) >= 11 is 0. The first-order valence-electron chi connectivity index (χ1n) is 6.60. The molecule has 0 radical (unpaired) electrons. The Morgan fingerprint density at radius 1 is 1.35 bits per heavy atom. The Balaban J connectivity index is 1.70. The van der Waals surface area contributed by atoms with Gasteiger partial charge in [0.2, 0.25) is 0 Å². The standard InChI is InChI=1S/C15H14N4O/c1-10-12(17-8-16-10)7-18-9-19-13-5-3-2-4-11(13)6-14(19)15(18)20/h2-6,8H,7,9H2,1H3,(H,16,17). The zero-order valence-electron chi connectivity index (χ0n) is 11.1. The monoisotopic (exact) mass is 266 g/mol. The van der Waals surface area contributed by atoms with Crippen molar-refractivity contribution in [1.29, 1.82) is 0 Å². The van der Waals surface area contributed by atoms with Gasteiger partial charge in [-0.1, -0.05) is 18.2 Å². The van der Waals surface area contributed by atoms with Gasteiger partial charge >= 0.3 is 0 Å². The van der Waals surface area contributed by atoms with Crippen molar-refractivity contribution in [1.82, 2.24) is 19.4 Å². The second-order valence-corrected chi connectivity index (χ2v) is 5.14. The minimum absolute atomic E-state index is 0.0728. The number of H-pyrrole nitrogens is 1. The maximum absolute atomic E-state index is 12.5. The summed E-state index contributed by atoms with van der Waals surface area (Å²) in [6.07, 6.45) is 1.67. The van der Waals surface area contributed by atoms with Crippen LogP contribution in [0.3, 0.4) is 0 Å². The van der Waals surface area contributed by atoms with Crippen molar-refractivity contribution in [2.24, 2.45) is 0 Å². The molecule has 0 fully saturated rings. The number of carbonyl (C=O) groups is 1. The van der Waals surface area contributed by atoms with Gasteiger partial charge in [0.1, 0.15) is 5.69 Å². The van der Waals surface area contributed by atoms with Crippen LogP contribution >= 0.6 is 0 Å². The van der Waals surface area contributed by atoms with Crippen LogP contribution in [0.25, 0.3) is 10.9 Å². The molecule has 1 N–H and O–H groups in total. The number of amides is 1. The molecule has 3 heterocycles. The highest BCUT2D eigenvalue weighted by atomic mass is 16.2. The SMILES string of the molecule is Cc1[nH]cnc1CN1Cn2c(cc3ccccc32)C1=O. The number of carbonyl (C=O) groups excluding carboxylic acids is 1. The van der Waals surface area contributed by atoms with Gasteiger partial charge in [0.25, 0.3) is 5.91 Å². The molecule has 0 saturated carbocycles. The number of aromatic amines is 1. The number of hydrogen-bond acceptors (Lipinski definition) is 2. The molecule has 1 aliphatic rings. The van der Waals surface area contributed by atoms with Crippen LogP contribution in [0.15, 0.2) is 36.7 Å². The molecule has 5 nitrogen and oxygen atoms in total. The molecule has 100 valence electrons. The van der Waals surface area contributed by atoms with Crippen LogP contribution in [-0.2, 0) is 13.2 Å². The van der Waals surface area contributed by atoms with Crippen LogP contribution < -0.4 is 0 Å². The average Bonchev–Trinajstić information content (AvgIpc) is 3.09. The molecule has 0 aliphatic carbocycles. The number of aromatic nitrogens is 3. The molecular formula is C15H14N4O. The van der Waals surface area contributed by atoms with Crippen LogP contribution in [0.5, 0.6) is 0 Å². The Labute approximate surface area is 115 Å². The van der Waals surface area contributed by atoms with Gasteiger partial charge in [-0.2, -0.15) is 0 Å². The number of benzene rings is 1. The molecule has 0 saturated heterocycles. The van der Waals surface area contributed by atoms with Crippen molar-refractivity contribution in [3.63, 3.8) is 0 Å². The van der Waals surface area contributed by atoms with Gasteiger partial charge in [-0.15, -0.1) is 0 Å². The number of fused-ring (bicyclic) bond motifs is 3. The third-order valence-corrected chi connectivity index (χ3v) is 3.90. The first-order chi connectivity index (χ1) is 9.74. The Bertz CT molecular complexity index is 814. The van der Waals surface area contributed by atoms with Crippen LogP contribution in [0, 0.1) is 6.92 Å². The van der Waals surface area contributed by atoms with Crippen molar-refractivity contribution >= 4 is 16.8 Å². The lowest BCUT2D eigenvalue weighted by Crippen LogP contribution is -2.24. The highest BCUT2D eigenvalue weighted by Crippen LogP contribution is 2.27. The average molecular weight is 266 g/mol. The molecule has 5 heteroatoms. The summed E-state index contributed by atoms with van der Waals surface area (Å²) in [5, 5.41) is 1.12. The van der Waals surface area contributed by atoms with E-state index in [1.807, 2.05) is 36.1 Å². The van der Waals surface area contributed by atoms with Crippen molar-refractivity contribution < 1.29 is 4.79 Å². The lowest BCUT2D eigenvalue weighted by molar-refractivity contribution is 0.0755. The summed E-state index contributed by atoms with van der Waals surface area (Å²) in [4.78, 5) is 21.6. The third kappa shape index (κ3) is 1.49. The fourth-order valence-electron chi connectivity index (χ4n) is 2.79. The lowest BCUT2D eigenvalue weighted by Gasteiger charge is -2.14. The van der Waals surface area contributed by atoms with Crippen molar-refractivity contribution in [3.05, 3.63) is 53.7 Å². The topological polar surface area (TPSA) is 53.9 Å². The largest absolute Gasteiger partial charge is 0.348 e. The molecule has 0 atom stereocenters. The highest BCUT2D eigenvalue weighted by Gasteiger charge is 2.29. The van der Waals surface area contributed by atoms with E-state index in [1.165, 1.54) is 0 Å². The quantitative estimate of drug-likeness (QED) is 0.773. The van der Waals surface area contributed by atoms with Gasteiger partial charge in [0, 0.05) is 11.1 Å². The maximum atomic E-state index is 12.5. The first-order valence-corrected chi connectivity index (χ1v) is 6.60. The van der Waals surface area contributed by atoms with E-state index in [2.05, 4.69) is 20.6 Å². The van der Waals surface area contributed by atoms with E-state index >= 15 is 0 Å². The van der Waals surface area contributed by atoms with E-state index < -0.39 is 0 Å². The highest BCUT2D eigenvalue weighted by molar-refractivity contribution is 6.00. The summed E-state index contributed by atoms with van der Waals surface area (Å²) < 4.78 is 2.07. The van der Waals surface area contributed by atoms with E-state index in [-0.39, 0.29) is 5.91 Å². The molecule has 20 heavy (non-hydrogen) atoms. The zero-order chi connectivity index (χ0) is 13.7. The minimum Gasteiger partial charge on any atom is -0.348 e. The van der Waals surface area contributed by atoms with E-state index in [1.54, 1.807) is 6.33 Å². The van der Waals surface area contributed by atoms with Crippen LogP contribution in [0.2, 0.25) is 0 Å². The zero-order valence-corrected chi connectivity index (χ0v) is 11.1. The van der Waals surface area contributed by atoms with E-state index in [4.69, 9.17) is 0 Å². The Kier molecular flexibility index (Phi) is 2.24. The minimum atomic E-state index is 0.0728. The van der Waals surface area contributed by atoms with Gasteiger partial charge in [-0.25, -0.2) is 4.98 Å². The molecule has 1 aromatic carbocycles. The number of rotatable bonds is 2. The third-order valence-electron chi connectivity index (χ3n) is 3.90. The fraction of sp³-hybridized carbons (Fsp3) is 0.200. The number of para-hydroxylation sites is 1. The van der Waals surface area contributed by atoms with Gasteiger partial charge in [-0.05, 0) is 19.1 Å². The maximum Gasteiger partial charge on any atom is 0.272 e. The summed E-state index contributed by atoms with van der Waals surface area (Å²) in [5.74, 6) is 0.0728. The second kappa shape index (κ2) is 3.96. The second-order valence-electron chi connectivity index (χ2n) is 5.14. The van der Waals surface area contributed by atoms with Crippen molar-refractivity contribution in [2.45, 2.75) is 20.1 Å². The fourth-order valence-corrected chi connectivity index (χ4v) is 2.79. The van der Waals surface area contributed by atoms with Crippen molar-refractivity contribution in [3.8, 4) is 0 Å². The Morgan fingerprint density at radius 3 is 3.00 bits per heavy atom. The normalized spacial score (nSPS) is 14.2. The van der Waals surface area contributed by atoms with Gasteiger partial charge in [0.05, 0.1) is 30.8 Å². The summed E-state index contributed by atoms with van der Waals surface area (Å²) in [6.45, 7) is 3.11. The number of nitrogens with zero attached hydrogens (tertiary/aromatic N) is 3. The lowest BCUT2D eigenvalue weighted by atomic mass is 10.2. The molecule has 1 amide bonds. The van der Waals surface area contributed by atoms with Crippen molar-refractivity contribution in [2.75, 3.05) is 0 Å². The van der Waals surface area contributed by atoms with E-state index in [0.29, 0.717) is 13.2 Å². The smallest absolute Gasteiger partial charge is 0.272 e. The number of nitrogens with one attached hydrogen (secondary N) is 1. The number of imidazole rings is 1. The van der Waals surface area contributed by atoms with Crippen LogP contribution in [0.1, 0.15) is 21.9 Å². The number of hydrogen-bond donors (Lipinski definition) is 1.